The zero-order chi connectivity index (χ0) is 30.4. The zero-order valence-corrected chi connectivity index (χ0v) is 24.9. The van der Waals surface area contributed by atoms with Crippen LogP contribution in [0.2, 0.25) is 0 Å². The third-order valence-corrected chi connectivity index (χ3v) is 8.21. The first kappa shape index (κ1) is 31.3. The molecule has 1 fully saturated rings. The number of nitrogens with one attached hydrogen (secondary N) is 2. The zero-order valence-electron chi connectivity index (χ0n) is 24.1. The molecule has 0 bridgehead atoms. The van der Waals surface area contributed by atoms with Crippen LogP contribution in [-0.4, -0.2) is 61.1 Å². The maximum absolute atomic E-state index is 13.0. The molecule has 1 aromatic carbocycles. The molecule has 12 heteroatoms. The number of nitrogens with zero attached hydrogens (tertiary/aromatic N) is 2. The fourth-order valence-electron chi connectivity index (χ4n) is 4.91. The molecule has 226 valence electrons. The number of fused-ring (bicyclic) bond motifs is 1. The molecular weight excluding hydrogens is 560 g/mol. The Hall–Kier alpha value is -3.61. The number of carboxylic acid groups (broad SMARTS) is 1. The molecule has 2 heterocycles. The molecule has 0 radical (unpaired) electrons. The van der Waals surface area contributed by atoms with Gasteiger partial charge in [0.1, 0.15) is 5.76 Å². The summed E-state index contributed by atoms with van der Waals surface area (Å²) in [5, 5.41) is 14.7. The van der Waals surface area contributed by atoms with Crippen molar-refractivity contribution in [1.29, 1.82) is 0 Å². The maximum atomic E-state index is 13.0. The molecule has 2 unspecified atom stereocenters. The van der Waals surface area contributed by atoms with Gasteiger partial charge in [0.25, 0.3) is 5.91 Å². The van der Waals surface area contributed by atoms with Gasteiger partial charge in [-0.3, -0.25) is 18.6 Å². The van der Waals surface area contributed by atoms with E-state index in [4.69, 9.17) is 14.5 Å². The van der Waals surface area contributed by atoms with Gasteiger partial charge in [0.15, 0.2) is 0 Å². The summed E-state index contributed by atoms with van der Waals surface area (Å²) >= 11 is -2.52. The predicted octanol–water partition coefficient (Wildman–Crippen LogP) is 4.03. The van der Waals surface area contributed by atoms with Gasteiger partial charge < -0.3 is 24.7 Å². The first-order chi connectivity index (χ1) is 20.1. The molecule has 1 aliphatic rings. The number of furan rings is 1. The molecule has 11 nitrogen and oxygen atoms in total. The second-order valence-corrected chi connectivity index (χ2v) is 11.8. The summed E-state index contributed by atoms with van der Waals surface area (Å²) in [5.74, 6) is -1.09. The van der Waals surface area contributed by atoms with E-state index in [0.29, 0.717) is 41.7 Å². The van der Waals surface area contributed by atoms with Crippen LogP contribution in [0.3, 0.4) is 0 Å². The molecule has 3 N–H and O–H groups in total. The van der Waals surface area contributed by atoms with Gasteiger partial charge in [-0.1, -0.05) is 36.8 Å². The van der Waals surface area contributed by atoms with Gasteiger partial charge in [-0.25, -0.2) is 9.29 Å². The Bertz CT molecular complexity index is 1470. The van der Waals surface area contributed by atoms with Crippen molar-refractivity contribution in [3.63, 3.8) is 0 Å². The highest BCUT2D eigenvalue weighted by Gasteiger charge is 2.31. The largest absolute Gasteiger partial charge is 0.760 e. The standard InChI is InChI=1S/C30H38N4O7S/c1-18-8-10-21(11-9-18)27-26(29(38)31-3)23-16-22(20-12-13-20)24(33-30(23)41-27)17-34(42(39)40)15-5-6-19(2)28(37)32-14-4-7-25(35)36/h8-11,16,19-20H,4-7,12-15,17H2,1-3H3,(H,31,38)(H,32,37)(H,35,36)(H,39,40)/p-1. The van der Waals surface area contributed by atoms with Crippen molar-refractivity contribution in [2.24, 2.45) is 5.92 Å². The Morgan fingerprint density at radius 1 is 1.21 bits per heavy atom. The van der Waals surface area contributed by atoms with E-state index in [2.05, 4.69) is 10.6 Å². The van der Waals surface area contributed by atoms with E-state index in [1.165, 1.54) is 4.31 Å². The van der Waals surface area contributed by atoms with Crippen molar-refractivity contribution in [3.05, 3.63) is 52.7 Å². The molecule has 0 aliphatic heterocycles. The fraction of sp³-hybridized carbons (Fsp3) is 0.467. The van der Waals surface area contributed by atoms with Crippen molar-refractivity contribution >= 4 is 40.1 Å². The van der Waals surface area contributed by atoms with Gasteiger partial charge in [0, 0.05) is 49.3 Å². The number of benzene rings is 1. The quantitative estimate of drug-likeness (QED) is 0.174. The predicted molar refractivity (Wildman–Crippen MR) is 157 cm³/mol. The second-order valence-electron chi connectivity index (χ2n) is 10.8. The van der Waals surface area contributed by atoms with Gasteiger partial charge in [-0.05, 0) is 56.6 Å². The molecule has 2 atom stereocenters. The van der Waals surface area contributed by atoms with E-state index in [0.717, 1.165) is 29.5 Å². The highest BCUT2D eigenvalue weighted by atomic mass is 32.2. The molecule has 2 amide bonds. The number of amides is 2. The number of carbonyl (C=O) groups excluding carboxylic acids is 2. The van der Waals surface area contributed by atoms with Crippen molar-refractivity contribution in [1.82, 2.24) is 19.9 Å². The van der Waals surface area contributed by atoms with Crippen LogP contribution >= 0.6 is 0 Å². The average molecular weight is 598 g/mol. The number of aliphatic carboxylic acids is 1. The summed E-state index contributed by atoms with van der Waals surface area (Å²) in [6.07, 6.45) is 3.17. The number of hydrogen-bond acceptors (Lipinski definition) is 7. The van der Waals surface area contributed by atoms with Crippen LogP contribution in [-0.2, 0) is 27.4 Å². The summed E-state index contributed by atoms with van der Waals surface area (Å²) in [4.78, 5) is 40.7. The lowest BCUT2D eigenvalue weighted by molar-refractivity contribution is -0.137. The van der Waals surface area contributed by atoms with Gasteiger partial charge in [0.05, 0.1) is 23.2 Å². The first-order valence-electron chi connectivity index (χ1n) is 14.2. The SMILES string of the molecule is CNC(=O)c1c(-c2ccc(C)cc2)oc2nc(CN(CCCC(C)C(=O)NCCCC(=O)O)S(=O)[O-])c(C3CC3)cc12. The fourth-order valence-corrected chi connectivity index (χ4v) is 5.42. The second kappa shape index (κ2) is 14.0. The Morgan fingerprint density at radius 2 is 1.93 bits per heavy atom. The molecule has 3 aromatic rings. The van der Waals surface area contributed by atoms with E-state index in [1.54, 1.807) is 14.0 Å². The van der Waals surface area contributed by atoms with E-state index in [1.807, 2.05) is 37.3 Å². The molecule has 0 spiro atoms. The van der Waals surface area contributed by atoms with Crippen LogP contribution in [0.25, 0.3) is 22.4 Å². The number of carbonyl (C=O) groups is 3. The number of carboxylic acids is 1. The number of aromatic nitrogens is 1. The van der Waals surface area contributed by atoms with Crippen molar-refractivity contribution in [2.75, 3.05) is 20.1 Å². The van der Waals surface area contributed by atoms with Crippen LogP contribution in [0.5, 0.6) is 0 Å². The van der Waals surface area contributed by atoms with Crippen LogP contribution in [0.15, 0.2) is 34.7 Å². The lowest BCUT2D eigenvalue weighted by atomic mass is 10.0. The summed E-state index contributed by atoms with van der Waals surface area (Å²) < 4.78 is 31.8. The smallest absolute Gasteiger partial charge is 0.303 e. The van der Waals surface area contributed by atoms with E-state index < -0.39 is 17.2 Å². The summed E-state index contributed by atoms with van der Waals surface area (Å²) in [7, 11) is 1.56. The maximum Gasteiger partial charge on any atom is 0.303 e. The first-order valence-corrected chi connectivity index (χ1v) is 15.2. The Labute approximate surface area is 247 Å². The lowest BCUT2D eigenvalue weighted by Crippen LogP contribution is -2.31. The van der Waals surface area contributed by atoms with Crippen LogP contribution in [0.4, 0.5) is 0 Å². The van der Waals surface area contributed by atoms with Crippen molar-refractivity contribution in [2.45, 2.75) is 64.8 Å². The molecule has 1 saturated carbocycles. The normalized spacial score (nSPS) is 14.6. The van der Waals surface area contributed by atoms with Crippen LogP contribution < -0.4 is 10.6 Å². The van der Waals surface area contributed by atoms with Gasteiger partial charge in [-0.2, -0.15) is 0 Å². The Kier molecular flexibility index (Phi) is 10.5. The molecule has 4 rings (SSSR count). The highest BCUT2D eigenvalue weighted by Crippen LogP contribution is 2.44. The monoisotopic (exact) mass is 597 g/mol. The van der Waals surface area contributed by atoms with Crippen LogP contribution in [0, 0.1) is 12.8 Å². The van der Waals surface area contributed by atoms with Crippen LogP contribution in [0.1, 0.15) is 78.5 Å². The summed E-state index contributed by atoms with van der Waals surface area (Å²) in [6.45, 7) is 4.27. The average Bonchev–Trinajstić information content (AvgIpc) is 3.74. The third-order valence-electron chi connectivity index (χ3n) is 7.48. The third kappa shape index (κ3) is 7.81. The minimum absolute atomic E-state index is 0.0139. The molecule has 1 aliphatic carbocycles. The lowest BCUT2D eigenvalue weighted by Gasteiger charge is -2.25. The van der Waals surface area contributed by atoms with Crippen molar-refractivity contribution < 1.29 is 32.7 Å². The summed E-state index contributed by atoms with van der Waals surface area (Å²) in [5.41, 5.74) is 3.99. The minimum atomic E-state index is -2.52. The van der Waals surface area contributed by atoms with Gasteiger partial charge in [-0.15, -0.1) is 0 Å². The minimum Gasteiger partial charge on any atom is -0.760 e. The number of rotatable bonds is 15. The highest BCUT2D eigenvalue weighted by molar-refractivity contribution is 7.76. The van der Waals surface area contributed by atoms with Gasteiger partial charge >= 0.3 is 5.97 Å². The summed E-state index contributed by atoms with van der Waals surface area (Å²) in [6, 6.07) is 9.58. The number of aryl methyl sites for hydroxylation is 1. The van der Waals surface area contributed by atoms with E-state index in [-0.39, 0.29) is 55.4 Å². The Balaban J connectivity index is 1.52. The molecule has 0 saturated heterocycles. The number of pyridine rings is 1. The molecule has 2 aromatic heterocycles. The Morgan fingerprint density at radius 3 is 2.55 bits per heavy atom. The van der Waals surface area contributed by atoms with Crippen molar-refractivity contribution in [3.8, 4) is 11.3 Å². The molecule has 42 heavy (non-hydrogen) atoms. The molecular formula is C30H37N4O7S-. The van der Waals surface area contributed by atoms with E-state index in [9.17, 15) is 23.1 Å². The van der Waals surface area contributed by atoms with Gasteiger partial charge in [0.2, 0.25) is 11.6 Å². The number of hydrogen-bond donors (Lipinski definition) is 3. The topological polar surface area (TPSA) is 165 Å². The van der Waals surface area contributed by atoms with E-state index >= 15 is 0 Å².